The van der Waals surface area contributed by atoms with Crippen LogP contribution >= 0.6 is 0 Å². The Morgan fingerprint density at radius 3 is 2.55 bits per heavy atom. The molecule has 5 nitrogen and oxygen atoms in total. The van der Waals surface area contributed by atoms with Gasteiger partial charge in [0, 0.05) is 25.6 Å². The second-order valence-corrected chi connectivity index (χ2v) is 7.70. The molecule has 4 aromatic rings. The molecular weight excluding hydrogens is 391 g/mol. The van der Waals surface area contributed by atoms with Gasteiger partial charge in [-0.05, 0) is 48.7 Å². The summed E-state index contributed by atoms with van der Waals surface area (Å²) in [6, 6.07) is 18.4. The standard InChI is InChI=1S/C25H25FN4O/c1-18-7-9-19(10-8-18)16-28-24(31)6-2-5-23-29-22-4-3-15-27-25(22)30(23)17-20-11-13-21(26)14-12-20/h3-4,7-15H,2,5-6,16-17H2,1H3,(H,28,31). The van der Waals surface area contributed by atoms with Crippen LogP contribution in [0.2, 0.25) is 0 Å². The molecule has 0 spiro atoms. The van der Waals surface area contributed by atoms with Crippen LogP contribution < -0.4 is 5.32 Å². The van der Waals surface area contributed by atoms with E-state index < -0.39 is 0 Å². The summed E-state index contributed by atoms with van der Waals surface area (Å²) in [5.74, 6) is 0.651. The number of nitrogens with one attached hydrogen (secondary N) is 1. The summed E-state index contributed by atoms with van der Waals surface area (Å²) in [6.45, 7) is 3.14. The number of pyridine rings is 1. The lowest BCUT2D eigenvalue weighted by atomic mass is 10.1. The number of imidazole rings is 1. The molecule has 1 amide bonds. The largest absolute Gasteiger partial charge is 0.352 e. The molecule has 0 aliphatic carbocycles. The number of benzene rings is 2. The first kappa shape index (κ1) is 20.7. The molecule has 0 unspecified atom stereocenters. The number of fused-ring (bicyclic) bond motifs is 1. The minimum Gasteiger partial charge on any atom is -0.352 e. The molecule has 0 bridgehead atoms. The number of nitrogens with zero attached hydrogens (tertiary/aromatic N) is 3. The van der Waals surface area contributed by atoms with Crippen molar-refractivity contribution in [3.8, 4) is 0 Å². The SMILES string of the molecule is Cc1ccc(CNC(=O)CCCc2nc3cccnc3n2Cc2ccc(F)cc2)cc1. The van der Waals surface area contributed by atoms with Gasteiger partial charge < -0.3 is 9.88 Å². The average molecular weight is 417 g/mol. The predicted molar refractivity (Wildman–Crippen MR) is 119 cm³/mol. The van der Waals surface area contributed by atoms with E-state index in [2.05, 4.69) is 10.3 Å². The first-order valence-electron chi connectivity index (χ1n) is 10.5. The van der Waals surface area contributed by atoms with E-state index in [1.54, 1.807) is 18.3 Å². The average Bonchev–Trinajstić information content (AvgIpc) is 3.12. The third-order valence-electron chi connectivity index (χ3n) is 5.25. The maximum atomic E-state index is 13.3. The van der Waals surface area contributed by atoms with Crippen molar-refractivity contribution in [1.29, 1.82) is 0 Å². The Bertz CT molecular complexity index is 1170. The fraction of sp³-hybridized carbons (Fsp3) is 0.240. The Hall–Kier alpha value is -3.54. The zero-order valence-electron chi connectivity index (χ0n) is 17.5. The maximum Gasteiger partial charge on any atom is 0.220 e. The van der Waals surface area contributed by atoms with Crippen LogP contribution in [0, 0.1) is 12.7 Å². The molecule has 4 rings (SSSR count). The quantitative estimate of drug-likeness (QED) is 0.458. The Labute approximate surface area is 181 Å². The minimum atomic E-state index is -0.255. The first-order valence-corrected chi connectivity index (χ1v) is 10.5. The zero-order valence-corrected chi connectivity index (χ0v) is 17.5. The van der Waals surface area contributed by atoms with E-state index in [1.165, 1.54) is 17.7 Å². The highest BCUT2D eigenvalue weighted by Crippen LogP contribution is 2.18. The normalized spacial score (nSPS) is 11.0. The van der Waals surface area contributed by atoms with Gasteiger partial charge in [-0.1, -0.05) is 42.0 Å². The van der Waals surface area contributed by atoms with Crippen molar-refractivity contribution in [2.75, 3.05) is 0 Å². The summed E-state index contributed by atoms with van der Waals surface area (Å²) < 4.78 is 15.3. The van der Waals surface area contributed by atoms with Crippen LogP contribution in [0.1, 0.15) is 35.4 Å². The number of hydrogen-bond acceptors (Lipinski definition) is 3. The Morgan fingerprint density at radius 1 is 1.03 bits per heavy atom. The minimum absolute atomic E-state index is 0.0277. The summed E-state index contributed by atoms with van der Waals surface area (Å²) in [5, 5.41) is 2.98. The van der Waals surface area contributed by atoms with E-state index in [-0.39, 0.29) is 11.7 Å². The fourth-order valence-electron chi connectivity index (χ4n) is 3.54. The van der Waals surface area contributed by atoms with E-state index in [0.29, 0.717) is 32.4 Å². The molecule has 6 heteroatoms. The molecule has 1 N–H and O–H groups in total. The van der Waals surface area contributed by atoms with E-state index in [0.717, 1.165) is 28.1 Å². The molecule has 0 saturated heterocycles. The zero-order chi connectivity index (χ0) is 21.6. The van der Waals surface area contributed by atoms with Crippen molar-refractivity contribution in [2.24, 2.45) is 0 Å². The molecule has 158 valence electrons. The Morgan fingerprint density at radius 2 is 1.77 bits per heavy atom. The summed E-state index contributed by atoms with van der Waals surface area (Å²) in [4.78, 5) is 21.5. The van der Waals surface area contributed by atoms with Gasteiger partial charge in [-0.15, -0.1) is 0 Å². The second-order valence-electron chi connectivity index (χ2n) is 7.70. The van der Waals surface area contributed by atoms with Crippen molar-refractivity contribution >= 4 is 17.1 Å². The summed E-state index contributed by atoms with van der Waals surface area (Å²) in [5.41, 5.74) is 4.89. The van der Waals surface area contributed by atoms with E-state index in [1.807, 2.05) is 47.9 Å². The second kappa shape index (κ2) is 9.51. The van der Waals surface area contributed by atoms with Gasteiger partial charge >= 0.3 is 0 Å². The van der Waals surface area contributed by atoms with Crippen molar-refractivity contribution in [3.05, 3.63) is 95.2 Å². The van der Waals surface area contributed by atoms with Crippen LogP contribution in [0.3, 0.4) is 0 Å². The lowest BCUT2D eigenvalue weighted by Crippen LogP contribution is -2.22. The third kappa shape index (κ3) is 5.34. The van der Waals surface area contributed by atoms with Crippen LogP contribution in [-0.2, 0) is 24.3 Å². The number of rotatable bonds is 8. The number of carbonyl (C=O) groups is 1. The van der Waals surface area contributed by atoms with E-state index in [9.17, 15) is 9.18 Å². The number of carbonyl (C=O) groups excluding carboxylic acids is 1. The summed E-state index contributed by atoms with van der Waals surface area (Å²) in [6.07, 6.45) is 3.52. The molecule has 31 heavy (non-hydrogen) atoms. The molecule has 0 atom stereocenters. The molecule has 0 aliphatic heterocycles. The molecule has 0 radical (unpaired) electrons. The molecule has 0 aliphatic rings. The Balaban J connectivity index is 1.39. The van der Waals surface area contributed by atoms with Gasteiger partial charge in [-0.25, -0.2) is 14.4 Å². The number of hydrogen-bond donors (Lipinski definition) is 1. The van der Waals surface area contributed by atoms with Gasteiger partial charge in [-0.2, -0.15) is 0 Å². The van der Waals surface area contributed by atoms with Crippen LogP contribution in [0.25, 0.3) is 11.2 Å². The first-order chi connectivity index (χ1) is 15.1. The van der Waals surface area contributed by atoms with Gasteiger partial charge in [0.2, 0.25) is 5.91 Å². The highest BCUT2D eigenvalue weighted by atomic mass is 19.1. The van der Waals surface area contributed by atoms with Gasteiger partial charge in [0.25, 0.3) is 0 Å². The van der Waals surface area contributed by atoms with Crippen LogP contribution in [0.15, 0.2) is 66.9 Å². The third-order valence-corrected chi connectivity index (χ3v) is 5.25. The number of halogens is 1. The Kier molecular flexibility index (Phi) is 6.36. The van der Waals surface area contributed by atoms with Crippen LogP contribution in [0.4, 0.5) is 4.39 Å². The topological polar surface area (TPSA) is 59.8 Å². The highest BCUT2D eigenvalue weighted by molar-refractivity contribution is 5.76. The van der Waals surface area contributed by atoms with Crippen molar-refractivity contribution in [2.45, 2.75) is 39.3 Å². The lowest BCUT2D eigenvalue weighted by Gasteiger charge is -2.09. The van der Waals surface area contributed by atoms with Gasteiger partial charge in [0.05, 0.1) is 6.54 Å². The van der Waals surface area contributed by atoms with Gasteiger partial charge in [0.1, 0.15) is 17.2 Å². The fourth-order valence-corrected chi connectivity index (χ4v) is 3.54. The number of aromatic nitrogens is 3. The van der Waals surface area contributed by atoms with Crippen LogP contribution in [0.5, 0.6) is 0 Å². The van der Waals surface area contributed by atoms with E-state index >= 15 is 0 Å². The highest BCUT2D eigenvalue weighted by Gasteiger charge is 2.13. The molecule has 0 saturated carbocycles. The van der Waals surface area contributed by atoms with Crippen molar-refractivity contribution in [3.63, 3.8) is 0 Å². The number of amides is 1. The summed E-state index contributed by atoms with van der Waals surface area (Å²) >= 11 is 0. The molecule has 2 heterocycles. The van der Waals surface area contributed by atoms with Crippen molar-refractivity contribution in [1.82, 2.24) is 19.9 Å². The van der Waals surface area contributed by atoms with Gasteiger partial charge in [-0.3, -0.25) is 4.79 Å². The monoisotopic (exact) mass is 416 g/mol. The van der Waals surface area contributed by atoms with Crippen LogP contribution in [-0.4, -0.2) is 20.4 Å². The molecular formula is C25H25FN4O. The summed E-state index contributed by atoms with van der Waals surface area (Å²) in [7, 11) is 0. The van der Waals surface area contributed by atoms with E-state index in [4.69, 9.17) is 4.98 Å². The molecule has 2 aromatic carbocycles. The number of aryl methyl sites for hydroxylation is 2. The lowest BCUT2D eigenvalue weighted by molar-refractivity contribution is -0.121. The van der Waals surface area contributed by atoms with Gasteiger partial charge in [0.15, 0.2) is 5.65 Å². The predicted octanol–water partition coefficient (Wildman–Crippen LogP) is 4.57. The smallest absolute Gasteiger partial charge is 0.220 e. The molecule has 2 aromatic heterocycles. The maximum absolute atomic E-state index is 13.3. The van der Waals surface area contributed by atoms with Crippen molar-refractivity contribution < 1.29 is 9.18 Å². The molecule has 0 fully saturated rings.